The molecule has 1 atom stereocenters. The molecule has 0 spiro atoms. The summed E-state index contributed by atoms with van der Waals surface area (Å²) >= 11 is 0. The van der Waals surface area contributed by atoms with Crippen molar-refractivity contribution in [1.29, 1.82) is 0 Å². The highest BCUT2D eigenvalue weighted by Gasteiger charge is 2.28. The molecular formula is C20H19N3O2. The summed E-state index contributed by atoms with van der Waals surface area (Å²) in [7, 11) is 0. The average molecular weight is 333 g/mol. The lowest BCUT2D eigenvalue weighted by atomic mass is 9.82. The molecule has 4 rings (SSSR count). The lowest BCUT2D eigenvalue weighted by molar-refractivity contribution is 0.0962. The molecule has 1 aliphatic rings. The summed E-state index contributed by atoms with van der Waals surface area (Å²) in [5.74, 6) is 1.63. The van der Waals surface area contributed by atoms with E-state index in [9.17, 15) is 4.79 Å². The number of anilines is 1. The molecule has 0 aliphatic heterocycles. The predicted octanol–water partition coefficient (Wildman–Crippen LogP) is 3.90. The molecule has 25 heavy (non-hydrogen) atoms. The van der Waals surface area contributed by atoms with E-state index < -0.39 is 0 Å². The number of benzene rings is 1. The SMILES string of the molecule is Cc1ccc([C@H]2CC(=O)c3cnc(NCc4ccco4)nc3C2)cc1. The van der Waals surface area contributed by atoms with Gasteiger partial charge in [0.15, 0.2) is 5.78 Å². The van der Waals surface area contributed by atoms with Gasteiger partial charge in [0.1, 0.15) is 5.76 Å². The topological polar surface area (TPSA) is 68.0 Å². The van der Waals surface area contributed by atoms with Gasteiger partial charge in [-0.3, -0.25) is 4.79 Å². The molecule has 3 aromatic rings. The minimum atomic E-state index is 0.115. The number of hydrogen-bond donors (Lipinski definition) is 1. The Hall–Kier alpha value is -2.95. The van der Waals surface area contributed by atoms with Crippen LogP contribution in [0.4, 0.5) is 5.95 Å². The second-order valence-corrected chi connectivity index (χ2v) is 6.43. The van der Waals surface area contributed by atoms with Gasteiger partial charge in [-0.15, -0.1) is 0 Å². The molecule has 0 bridgehead atoms. The van der Waals surface area contributed by atoms with Crippen LogP contribution in [-0.2, 0) is 13.0 Å². The third-order valence-electron chi connectivity index (χ3n) is 4.59. The van der Waals surface area contributed by atoms with Crippen molar-refractivity contribution in [2.24, 2.45) is 0 Å². The first-order chi connectivity index (χ1) is 12.2. The molecule has 0 radical (unpaired) electrons. The normalized spacial score (nSPS) is 16.5. The number of nitrogens with one attached hydrogen (secondary N) is 1. The second-order valence-electron chi connectivity index (χ2n) is 6.43. The van der Waals surface area contributed by atoms with Crippen molar-refractivity contribution in [3.8, 4) is 0 Å². The quantitative estimate of drug-likeness (QED) is 0.784. The van der Waals surface area contributed by atoms with E-state index in [2.05, 4.69) is 46.5 Å². The molecule has 2 heterocycles. The Balaban J connectivity index is 1.55. The van der Waals surface area contributed by atoms with E-state index in [4.69, 9.17) is 4.42 Å². The summed E-state index contributed by atoms with van der Waals surface area (Å²) in [6.45, 7) is 2.58. The highest BCUT2D eigenvalue weighted by Crippen LogP contribution is 2.32. The fraction of sp³-hybridized carbons (Fsp3) is 0.250. The van der Waals surface area contributed by atoms with Crippen LogP contribution in [0.2, 0.25) is 0 Å². The van der Waals surface area contributed by atoms with Crippen LogP contribution in [-0.4, -0.2) is 15.8 Å². The number of furan rings is 1. The van der Waals surface area contributed by atoms with E-state index in [0.29, 0.717) is 24.5 Å². The van der Waals surface area contributed by atoms with Gasteiger partial charge in [0.05, 0.1) is 24.1 Å². The molecule has 1 aliphatic carbocycles. The van der Waals surface area contributed by atoms with Gasteiger partial charge in [-0.1, -0.05) is 29.8 Å². The zero-order chi connectivity index (χ0) is 17.2. The van der Waals surface area contributed by atoms with Crippen LogP contribution in [0, 0.1) is 6.92 Å². The Morgan fingerprint density at radius 3 is 2.80 bits per heavy atom. The fourth-order valence-corrected chi connectivity index (χ4v) is 3.18. The average Bonchev–Trinajstić information content (AvgIpc) is 3.14. The Morgan fingerprint density at radius 2 is 2.04 bits per heavy atom. The van der Waals surface area contributed by atoms with Crippen molar-refractivity contribution in [2.75, 3.05) is 5.32 Å². The summed E-state index contributed by atoms with van der Waals surface area (Å²) in [6.07, 6.45) is 4.54. The van der Waals surface area contributed by atoms with E-state index in [1.165, 1.54) is 11.1 Å². The summed E-state index contributed by atoms with van der Waals surface area (Å²) in [6, 6.07) is 12.1. The third kappa shape index (κ3) is 3.31. The largest absolute Gasteiger partial charge is 0.467 e. The molecule has 2 aromatic heterocycles. The smallest absolute Gasteiger partial charge is 0.223 e. The van der Waals surface area contributed by atoms with Crippen molar-refractivity contribution in [3.05, 3.63) is 77.0 Å². The first kappa shape index (κ1) is 15.6. The molecule has 1 aromatic carbocycles. The van der Waals surface area contributed by atoms with E-state index >= 15 is 0 Å². The molecule has 0 saturated heterocycles. The molecule has 5 heteroatoms. The van der Waals surface area contributed by atoms with Gasteiger partial charge in [0.2, 0.25) is 5.95 Å². The van der Waals surface area contributed by atoms with Gasteiger partial charge in [0.25, 0.3) is 0 Å². The zero-order valence-electron chi connectivity index (χ0n) is 14.0. The van der Waals surface area contributed by atoms with Gasteiger partial charge >= 0.3 is 0 Å². The number of hydrogen-bond acceptors (Lipinski definition) is 5. The molecular weight excluding hydrogens is 314 g/mol. The molecule has 5 nitrogen and oxygen atoms in total. The number of aromatic nitrogens is 2. The maximum Gasteiger partial charge on any atom is 0.223 e. The van der Waals surface area contributed by atoms with E-state index in [-0.39, 0.29) is 11.7 Å². The molecule has 0 fully saturated rings. The number of fused-ring (bicyclic) bond motifs is 1. The van der Waals surface area contributed by atoms with Gasteiger partial charge in [-0.25, -0.2) is 9.97 Å². The lowest BCUT2D eigenvalue weighted by Crippen LogP contribution is -2.21. The predicted molar refractivity (Wildman–Crippen MR) is 94.6 cm³/mol. The number of Topliss-reactive ketones (excluding diaryl/α,β-unsaturated/α-hetero) is 1. The number of ketones is 1. The van der Waals surface area contributed by atoms with Crippen molar-refractivity contribution in [3.63, 3.8) is 0 Å². The Morgan fingerprint density at radius 1 is 1.20 bits per heavy atom. The fourth-order valence-electron chi connectivity index (χ4n) is 3.18. The van der Waals surface area contributed by atoms with Crippen LogP contribution in [0.5, 0.6) is 0 Å². The van der Waals surface area contributed by atoms with Crippen molar-refractivity contribution in [1.82, 2.24) is 9.97 Å². The second kappa shape index (κ2) is 6.51. The minimum Gasteiger partial charge on any atom is -0.467 e. The van der Waals surface area contributed by atoms with Crippen LogP contribution in [0.25, 0.3) is 0 Å². The standard InChI is InChI=1S/C20H19N3O2/c1-13-4-6-14(7-5-13)15-9-18-17(19(24)10-15)12-22-20(23-18)21-11-16-3-2-8-25-16/h2-8,12,15H,9-11H2,1H3,(H,21,22,23)/t15-/m1/s1. The van der Waals surface area contributed by atoms with Crippen LogP contribution in [0.15, 0.2) is 53.3 Å². The van der Waals surface area contributed by atoms with Crippen LogP contribution < -0.4 is 5.32 Å². The number of nitrogens with zero attached hydrogens (tertiary/aromatic N) is 2. The maximum atomic E-state index is 12.5. The number of carbonyl (C=O) groups excluding carboxylic acids is 1. The first-order valence-electron chi connectivity index (χ1n) is 8.41. The van der Waals surface area contributed by atoms with E-state index in [0.717, 1.165) is 17.9 Å². The first-order valence-corrected chi connectivity index (χ1v) is 8.41. The molecule has 0 saturated carbocycles. The van der Waals surface area contributed by atoms with Crippen molar-refractivity contribution >= 4 is 11.7 Å². The van der Waals surface area contributed by atoms with Crippen LogP contribution >= 0.6 is 0 Å². The van der Waals surface area contributed by atoms with Gasteiger partial charge in [-0.05, 0) is 37.0 Å². The number of aryl methyl sites for hydroxylation is 1. The number of carbonyl (C=O) groups is 1. The van der Waals surface area contributed by atoms with Gasteiger partial charge < -0.3 is 9.73 Å². The van der Waals surface area contributed by atoms with Crippen LogP contribution in [0.3, 0.4) is 0 Å². The Kier molecular flexibility index (Phi) is 4.06. The van der Waals surface area contributed by atoms with Crippen molar-refractivity contribution in [2.45, 2.75) is 32.2 Å². The highest BCUT2D eigenvalue weighted by molar-refractivity contribution is 5.98. The molecule has 126 valence electrons. The monoisotopic (exact) mass is 333 g/mol. The summed E-state index contributed by atoms with van der Waals surface area (Å²) in [5, 5.41) is 3.15. The van der Waals surface area contributed by atoms with Crippen LogP contribution in [0.1, 0.15) is 45.3 Å². The zero-order valence-corrected chi connectivity index (χ0v) is 14.0. The van der Waals surface area contributed by atoms with E-state index in [1.807, 2.05) is 12.1 Å². The van der Waals surface area contributed by atoms with Gasteiger partial charge in [0, 0.05) is 12.6 Å². The lowest BCUT2D eigenvalue weighted by Gasteiger charge is -2.23. The summed E-state index contributed by atoms with van der Waals surface area (Å²) in [4.78, 5) is 21.3. The van der Waals surface area contributed by atoms with Gasteiger partial charge in [-0.2, -0.15) is 0 Å². The van der Waals surface area contributed by atoms with Crippen molar-refractivity contribution < 1.29 is 9.21 Å². The Bertz CT molecular complexity index is 886. The Labute approximate surface area is 146 Å². The summed E-state index contributed by atoms with van der Waals surface area (Å²) < 4.78 is 5.30. The third-order valence-corrected chi connectivity index (χ3v) is 4.59. The summed E-state index contributed by atoms with van der Waals surface area (Å²) in [5.41, 5.74) is 3.87. The highest BCUT2D eigenvalue weighted by atomic mass is 16.3. The maximum absolute atomic E-state index is 12.5. The molecule has 0 amide bonds. The number of rotatable bonds is 4. The molecule has 1 N–H and O–H groups in total. The minimum absolute atomic E-state index is 0.115. The van der Waals surface area contributed by atoms with E-state index in [1.54, 1.807) is 12.5 Å². The molecule has 0 unspecified atom stereocenters.